The maximum Gasteiger partial charge on any atom is 0.266 e. The Kier molecular flexibility index (Phi) is 2.71. The molecule has 0 aliphatic carbocycles. The lowest BCUT2D eigenvalue weighted by Crippen LogP contribution is -2.03. The molecule has 108 valence electrons. The molecule has 4 aromatic rings. The number of hydrogen-bond acceptors (Lipinski definition) is 4. The van der Waals surface area contributed by atoms with Crippen molar-refractivity contribution in [1.29, 1.82) is 0 Å². The van der Waals surface area contributed by atoms with Gasteiger partial charge in [0, 0.05) is 21.2 Å². The molecule has 3 N–H and O–H groups in total. The fraction of sp³-hybridized carbons (Fsp3) is 0. The Bertz CT molecular complexity index is 1080. The lowest BCUT2D eigenvalue weighted by atomic mass is 10.1. The highest BCUT2D eigenvalue weighted by atomic mass is 32.1. The third-order valence-electron chi connectivity index (χ3n) is 3.61. The van der Waals surface area contributed by atoms with Crippen molar-refractivity contribution in [2.45, 2.75) is 0 Å². The van der Waals surface area contributed by atoms with Crippen LogP contribution in [0.5, 0.6) is 11.5 Å². The van der Waals surface area contributed by atoms with E-state index < -0.39 is 0 Å². The van der Waals surface area contributed by atoms with Crippen LogP contribution in [0.1, 0.15) is 0 Å². The third-order valence-corrected chi connectivity index (χ3v) is 4.79. The Morgan fingerprint density at radius 1 is 0.909 bits per heavy atom. The molecule has 0 saturated carbocycles. The number of aromatic amines is 1. The Balaban J connectivity index is 2.08. The van der Waals surface area contributed by atoms with E-state index in [1.54, 1.807) is 36.4 Å². The number of phenols is 2. The van der Waals surface area contributed by atoms with Crippen LogP contribution in [-0.2, 0) is 0 Å². The molecule has 2 aromatic carbocycles. The first-order valence-electron chi connectivity index (χ1n) is 6.70. The van der Waals surface area contributed by atoms with Crippen LogP contribution in [0.2, 0.25) is 0 Å². The number of nitrogens with one attached hydrogen (secondary N) is 1. The number of hydrogen-bond donors (Lipinski definition) is 3. The molecule has 0 fully saturated rings. The average molecular weight is 309 g/mol. The minimum Gasteiger partial charge on any atom is -0.508 e. The van der Waals surface area contributed by atoms with Crippen LogP contribution >= 0.6 is 11.3 Å². The van der Waals surface area contributed by atoms with Gasteiger partial charge >= 0.3 is 0 Å². The zero-order valence-electron chi connectivity index (χ0n) is 11.3. The van der Waals surface area contributed by atoms with Crippen molar-refractivity contribution in [1.82, 2.24) is 4.98 Å². The first-order valence-corrected chi connectivity index (χ1v) is 7.51. The van der Waals surface area contributed by atoms with E-state index in [0.29, 0.717) is 10.2 Å². The van der Waals surface area contributed by atoms with Crippen molar-refractivity contribution in [3.63, 3.8) is 0 Å². The third kappa shape index (κ3) is 1.95. The minimum absolute atomic E-state index is 0.149. The molecule has 4 rings (SSSR count). The van der Waals surface area contributed by atoms with Gasteiger partial charge in [0.2, 0.25) is 0 Å². The second kappa shape index (κ2) is 4.61. The summed E-state index contributed by atoms with van der Waals surface area (Å²) in [5.41, 5.74) is 1.40. The number of aromatic nitrogens is 1. The largest absolute Gasteiger partial charge is 0.508 e. The number of benzene rings is 2. The number of aromatic hydroxyl groups is 2. The summed E-state index contributed by atoms with van der Waals surface area (Å²) in [7, 11) is 0. The Morgan fingerprint density at radius 3 is 2.55 bits per heavy atom. The molecule has 2 heterocycles. The van der Waals surface area contributed by atoms with E-state index in [2.05, 4.69) is 4.98 Å². The van der Waals surface area contributed by atoms with Crippen LogP contribution in [-0.4, -0.2) is 15.2 Å². The summed E-state index contributed by atoms with van der Waals surface area (Å²) in [6, 6.07) is 13.7. The van der Waals surface area contributed by atoms with Gasteiger partial charge in [-0.25, -0.2) is 0 Å². The van der Waals surface area contributed by atoms with Gasteiger partial charge in [0.25, 0.3) is 5.56 Å². The normalized spacial score (nSPS) is 11.3. The summed E-state index contributed by atoms with van der Waals surface area (Å²) in [6.07, 6.45) is 0. The highest BCUT2D eigenvalue weighted by Gasteiger charge is 2.12. The summed E-state index contributed by atoms with van der Waals surface area (Å²) in [5.74, 6) is 0.345. The molecule has 5 heteroatoms. The van der Waals surface area contributed by atoms with Crippen LogP contribution in [0.3, 0.4) is 0 Å². The van der Waals surface area contributed by atoms with Gasteiger partial charge in [-0.15, -0.1) is 11.3 Å². The fourth-order valence-electron chi connectivity index (χ4n) is 2.60. The van der Waals surface area contributed by atoms with Crippen molar-refractivity contribution in [2.24, 2.45) is 0 Å². The van der Waals surface area contributed by atoms with E-state index in [-0.39, 0.29) is 17.1 Å². The van der Waals surface area contributed by atoms with E-state index in [1.807, 2.05) is 12.1 Å². The van der Waals surface area contributed by atoms with Gasteiger partial charge in [0.1, 0.15) is 16.2 Å². The van der Waals surface area contributed by atoms with Crippen LogP contribution in [0.25, 0.3) is 31.4 Å². The Morgan fingerprint density at radius 2 is 1.73 bits per heavy atom. The molecule has 0 radical (unpaired) electrons. The van der Waals surface area contributed by atoms with Crippen molar-refractivity contribution >= 4 is 32.3 Å². The van der Waals surface area contributed by atoms with Crippen LogP contribution < -0.4 is 5.56 Å². The minimum atomic E-state index is -0.149. The van der Waals surface area contributed by atoms with Crippen LogP contribution in [0.15, 0.2) is 53.3 Å². The van der Waals surface area contributed by atoms with E-state index in [9.17, 15) is 15.0 Å². The molecule has 0 aliphatic rings. The standard InChI is InChI=1S/C17H11NO3S/c19-10-3-1-2-9(6-10)15-8-13-12-7-11(20)4-5-14(12)18-17(21)16(13)22-15/h1-8,19-20H,(H,18,21). The zero-order chi connectivity index (χ0) is 15.3. The molecule has 0 amide bonds. The predicted molar refractivity (Wildman–Crippen MR) is 88.7 cm³/mol. The van der Waals surface area contributed by atoms with Crippen molar-refractivity contribution in [3.05, 3.63) is 58.9 Å². The quantitative estimate of drug-likeness (QED) is 0.500. The summed E-state index contributed by atoms with van der Waals surface area (Å²) >= 11 is 1.37. The second-order valence-electron chi connectivity index (χ2n) is 5.09. The van der Waals surface area contributed by atoms with E-state index in [1.165, 1.54) is 11.3 Å². The lowest BCUT2D eigenvalue weighted by molar-refractivity contribution is 0.475. The molecular formula is C17H11NO3S. The van der Waals surface area contributed by atoms with Crippen molar-refractivity contribution in [3.8, 4) is 21.9 Å². The van der Waals surface area contributed by atoms with Crippen molar-refractivity contribution < 1.29 is 10.2 Å². The predicted octanol–water partition coefficient (Wildman–Crippen LogP) is 3.82. The van der Waals surface area contributed by atoms with Crippen molar-refractivity contribution in [2.75, 3.05) is 0 Å². The number of rotatable bonds is 1. The molecule has 4 nitrogen and oxygen atoms in total. The summed E-state index contributed by atoms with van der Waals surface area (Å²) in [6.45, 7) is 0. The lowest BCUT2D eigenvalue weighted by Gasteiger charge is -2.00. The molecule has 0 saturated heterocycles. The summed E-state index contributed by atoms with van der Waals surface area (Å²) in [4.78, 5) is 16.0. The molecule has 0 bridgehead atoms. The Hall–Kier alpha value is -2.79. The maximum absolute atomic E-state index is 12.2. The monoisotopic (exact) mass is 309 g/mol. The van der Waals surface area contributed by atoms with E-state index in [4.69, 9.17) is 0 Å². The number of fused-ring (bicyclic) bond motifs is 3. The van der Waals surface area contributed by atoms with Crippen LogP contribution in [0, 0.1) is 0 Å². The van der Waals surface area contributed by atoms with E-state index >= 15 is 0 Å². The number of pyridine rings is 1. The maximum atomic E-state index is 12.2. The topological polar surface area (TPSA) is 73.3 Å². The number of H-pyrrole nitrogens is 1. The highest BCUT2D eigenvalue weighted by Crippen LogP contribution is 2.36. The average Bonchev–Trinajstić information content (AvgIpc) is 2.94. The smallest absolute Gasteiger partial charge is 0.266 e. The Labute approximate surface area is 128 Å². The molecule has 0 aliphatic heterocycles. The van der Waals surface area contributed by atoms with Gasteiger partial charge in [-0.05, 0) is 42.0 Å². The number of thiophene rings is 1. The molecular weight excluding hydrogens is 298 g/mol. The van der Waals surface area contributed by atoms with Gasteiger partial charge in [0.15, 0.2) is 0 Å². The van der Waals surface area contributed by atoms with Crippen LogP contribution in [0.4, 0.5) is 0 Å². The zero-order valence-corrected chi connectivity index (χ0v) is 12.1. The molecule has 0 unspecified atom stereocenters. The van der Waals surface area contributed by atoms with Gasteiger partial charge in [-0.2, -0.15) is 0 Å². The first-order chi connectivity index (χ1) is 10.6. The van der Waals surface area contributed by atoms with Gasteiger partial charge in [-0.3, -0.25) is 4.79 Å². The van der Waals surface area contributed by atoms with Gasteiger partial charge in [0.05, 0.1) is 0 Å². The fourth-order valence-corrected chi connectivity index (χ4v) is 3.67. The molecule has 2 aromatic heterocycles. The SMILES string of the molecule is O=c1[nH]c2ccc(O)cc2c2cc(-c3cccc(O)c3)sc12. The molecule has 0 atom stereocenters. The second-order valence-corrected chi connectivity index (χ2v) is 6.14. The van der Waals surface area contributed by atoms with E-state index in [0.717, 1.165) is 21.2 Å². The van der Waals surface area contributed by atoms with Gasteiger partial charge < -0.3 is 15.2 Å². The van der Waals surface area contributed by atoms with Gasteiger partial charge in [-0.1, -0.05) is 12.1 Å². The molecule has 22 heavy (non-hydrogen) atoms. The first kappa shape index (κ1) is 12.9. The molecule has 0 spiro atoms. The summed E-state index contributed by atoms with van der Waals surface area (Å²) in [5, 5.41) is 20.9. The summed E-state index contributed by atoms with van der Waals surface area (Å²) < 4.78 is 0.608. The number of phenolic OH excluding ortho intramolecular Hbond substituents is 2. The highest BCUT2D eigenvalue weighted by molar-refractivity contribution is 7.22.